The number of hydrogen-bond acceptors (Lipinski definition) is 3. The molecule has 0 radical (unpaired) electrons. The van der Waals surface area contributed by atoms with Crippen LogP contribution in [-0.4, -0.2) is 14.1 Å². The highest BCUT2D eigenvalue weighted by Gasteiger charge is 2.18. The van der Waals surface area contributed by atoms with Gasteiger partial charge >= 0.3 is 0 Å². The summed E-state index contributed by atoms with van der Waals surface area (Å²) in [6.07, 6.45) is 5.92. The van der Waals surface area contributed by atoms with Crippen LogP contribution in [0.5, 0.6) is 0 Å². The molecule has 1 aromatic carbocycles. The van der Waals surface area contributed by atoms with E-state index in [2.05, 4.69) is 23.8 Å². The molecule has 2 rings (SSSR count). The summed E-state index contributed by atoms with van der Waals surface area (Å²) < 4.78 is 24.6. The molecule has 1 fully saturated rings. The van der Waals surface area contributed by atoms with E-state index in [0.29, 0.717) is 11.8 Å². The third-order valence-electron chi connectivity index (χ3n) is 4.40. The molecule has 0 heterocycles. The molecule has 0 atom stereocenters. The molecule has 0 saturated heterocycles. The van der Waals surface area contributed by atoms with Crippen LogP contribution in [0.3, 0.4) is 0 Å². The van der Waals surface area contributed by atoms with Gasteiger partial charge in [0.2, 0.25) is 0 Å². The molecule has 1 N–H and O–H groups in total. The van der Waals surface area contributed by atoms with Crippen LogP contribution in [-0.2, 0) is 10.0 Å². The Morgan fingerprint density at radius 2 is 1.73 bits per heavy atom. The molecule has 0 aromatic heterocycles. The maximum Gasteiger partial charge on any atom is 0.276 e. The van der Waals surface area contributed by atoms with Crippen molar-refractivity contribution < 1.29 is 8.42 Å². The van der Waals surface area contributed by atoms with Crippen LogP contribution in [0.2, 0.25) is 0 Å². The molecule has 0 spiro atoms. The zero-order valence-electron chi connectivity index (χ0n) is 13.7. The fourth-order valence-electron chi connectivity index (χ4n) is 2.83. The van der Waals surface area contributed by atoms with Crippen molar-refractivity contribution in [3.8, 4) is 0 Å². The minimum Gasteiger partial charge on any atom is -0.200 e. The maximum absolute atomic E-state index is 12.3. The van der Waals surface area contributed by atoms with Crippen LogP contribution in [0.4, 0.5) is 0 Å². The van der Waals surface area contributed by atoms with E-state index < -0.39 is 10.0 Å². The Hall–Kier alpha value is -1.36. The van der Waals surface area contributed by atoms with Crippen molar-refractivity contribution in [2.24, 2.45) is 11.0 Å². The molecule has 0 bridgehead atoms. The van der Waals surface area contributed by atoms with E-state index in [1.54, 1.807) is 12.1 Å². The largest absolute Gasteiger partial charge is 0.276 e. The molecule has 122 valence electrons. The van der Waals surface area contributed by atoms with Gasteiger partial charge in [-0.25, -0.2) is 4.83 Å². The van der Waals surface area contributed by atoms with Gasteiger partial charge < -0.3 is 0 Å². The van der Waals surface area contributed by atoms with Crippen molar-refractivity contribution in [1.29, 1.82) is 0 Å². The first-order valence-corrected chi connectivity index (χ1v) is 9.54. The number of benzene rings is 1. The predicted octanol–water partition coefficient (Wildman–Crippen LogP) is 4.04. The summed E-state index contributed by atoms with van der Waals surface area (Å²) in [4.78, 5) is 2.64. The number of sulfonamides is 1. The van der Waals surface area contributed by atoms with Crippen LogP contribution in [0.25, 0.3) is 0 Å². The lowest BCUT2D eigenvalue weighted by Crippen LogP contribution is -2.23. The van der Waals surface area contributed by atoms with Crippen LogP contribution in [0, 0.1) is 5.92 Å². The van der Waals surface area contributed by atoms with E-state index >= 15 is 0 Å². The fraction of sp³-hybridized carbons (Fsp3) is 0.588. The van der Waals surface area contributed by atoms with Crippen LogP contribution in [0.1, 0.15) is 64.4 Å². The van der Waals surface area contributed by atoms with Gasteiger partial charge in [-0.1, -0.05) is 45.2 Å². The first-order valence-electron chi connectivity index (χ1n) is 8.06. The van der Waals surface area contributed by atoms with E-state index in [-0.39, 0.29) is 4.90 Å². The Morgan fingerprint density at radius 1 is 1.14 bits per heavy atom. The Kier molecular flexibility index (Phi) is 5.62. The summed E-state index contributed by atoms with van der Waals surface area (Å²) in [5.74, 6) is 0.802. The Bertz CT molecular complexity index is 613. The monoisotopic (exact) mass is 322 g/mol. The predicted molar refractivity (Wildman–Crippen MR) is 90.5 cm³/mol. The SMILES string of the molecule is CC(=NNS(=O)(=O)c1ccc(C(C)C)cc1)C1CCCCC1. The van der Waals surface area contributed by atoms with E-state index in [1.165, 1.54) is 19.3 Å². The van der Waals surface area contributed by atoms with Gasteiger partial charge in [0.25, 0.3) is 10.0 Å². The van der Waals surface area contributed by atoms with E-state index in [4.69, 9.17) is 0 Å². The lowest BCUT2D eigenvalue weighted by atomic mass is 9.86. The van der Waals surface area contributed by atoms with Gasteiger partial charge in [-0.3, -0.25) is 0 Å². The standard InChI is InChI=1S/C17H26N2O2S/c1-13(2)15-9-11-17(12-10-15)22(20,21)19-18-14(3)16-7-5-4-6-8-16/h9-13,16,19H,4-8H2,1-3H3. The van der Waals surface area contributed by atoms with Gasteiger partial charge in [-0.05, 0) is 49.3 Å². The van der Waals surface area contributed by atoms with Gasteiger partial charge in [0, 0.05) is 5.71 Å². The Balaban J connectivity index is 2.06. The zero-order chi connectivity index (χ0) is 16.2. The number of nitrogens with one attached hydrogen (secondary N) is 1. The van der Waals surface area contributed by atoms with E-state index in [1.807, 2.05) is 19.1 Å². The highest BCUT2D eigenvalue weighted by molar-refractivity contribution is 7.89. The molecule has 5 heteroatoms. The smallest absolute Gasteiger partial charge is 0.200 e. The van der Waals surface area contributed by atoms with E-state index in [9.17, 15) is 8.42 Å². The Labute approximate surface area is 134 Å². The Morgan fingerprint density at radius 3 is 2.27 bits per heavy atom. The van der Waals surface area contributed by atoms with Crippen LogP contribution < -0.4 is 4.83 Å². The molecule has 4 nitrogen and oxygen atoms in total. The molecule has 0 aliphatic heterocycles. The quantitative estimate of drug-likeness (QED) is 0.657. The number of rotatable bonds is 5. The van der Waals surface area contributed by atoms with Crippen LogP contribution >= 0.6 is 0 Å². The first kappa shape index (κ1) is 17.0. The topological polar surface area (TPSA) is 58.5 Å². The minimum absolute atomic E-state index is 0.261. The second-order valence-electron chi connectivity index (χ2n) is 6.41. The lowest BCUT2D eigenvalue weighted by Gasteiger charge is -2.21. The highest BCUT2D eigenvalue weighted by Crippen LogP contribution is 2.24. The van der Waals surface area contributed by atoms with Crippen molar-refractivity contribution in [3.05, 3.63) is 29.8 Å². The third-order valence-corrected chi connectivity index (χ3v) is 5.62. The summed E-state index contributed by atoms with van der Waals surface area (Å²) in [6.45, 7) is 6.08. The normalized spacial score (nSPS) is 17.7. The average Bonchev–Trinajstić information content (AvgIpc) is 2.53. The molecule has 0 amide bonds. The van der Waals surface area contributed by atoms with Gasteiger partial charge in [0.1, 0.15) is 0 Å². The second-order valence-corrected chi connectivity index (χ2v) is 8.07. The zero-order valence-corrected chi connectivity index (χ0v) is 14.5. The molecular formula is C17H26N2O2S. The molecule has 1 aromatic rings. The first-order chi connectivity index (χ1) is 10.4. The summed E-state index contributed by atoms with van der Waals surface area (Å²) in [6, 6.07) is 7.00. The third kappa shape index (κ3) is 4.32. The van der Waals surface area contributed by atoms with Crippen molar-refractivity contribution in [2.45, 2.75) is 63.7 Å². The second kappa shape index (κ2) is 7.27. The summed E-state index contributed by atoms with van der Waals surface area (Å²) in [5, 5.41) is 4.13. The number of hydrogen-bond donors (Lipinski definition) is 1. The lowest BCUT2D eigenvalue weighted by molar-refractivity contribution is 0.437. The van der Waals surface area contributed by atoms with Gasteiger partial charge in [0.15, 0.2) is 0 Å². The van der Waals surface area contributed by atoms with Crippen molar-refractivity contribution in [3.63, 3.8) is 0 Å². The summed E-state index contributed by atoms with van der Waals surface area (Å²) in [5.41, 5.74) is 2.02. The minimum atomic E-state index is -3.57. The summed E-state index contributed by atoms with van der Waals surface area (Å²) in [7, 11) is -3.57. The molecule has 1 aliphatic carbocycles. The molecule has 1 saturated carbocycles. The van der Waals surface area contributed by atoms with Crippen molar-refractivity contribution >= 4 is 15.7 Å². The molecule has 22 heavy (non-hydrogen) atoms. The summed E-state index contributed by atoms with van der Waals surface area (Å²) >= 11 is 0. The number of hydrazone groups is 1. The maximum atomic E-state index is 12.3. The van der Waals surface area contributed by atoms with E-state index in [0.717, 1.165) is 24.1 Å². The number of nitrogens with zero attached hydrogens (tertiary/aromatic N) is 1. The van der Waals surface area contributed by atoms with Crippen molar-refractivity contribution in [1.82, 2.24) is 4.83 Å². The molecular weight excluding hydrogens is 296 g/mol. The van der Waals surface area contributed by atoms with Gasteiger partial charge in [-0.2, -0.15) is 13.5 Å². The fourth-order valence-corrected chi connectivity index (χ4v) is 3.69. The van der Waals surface area contributed by atoms with Gasteiger partial charge in [-0.15, -0.1) is 0 Å². The van der Waals surface area contributed by atoms with Gasteiger partial charge in [0.05, 0.1) is 4.90 Å². The molecule has 0 unspecified atom stereocenters. The molecule has 1 aliphatic rings. The van der Waals surface area contributed by atoms with Crippen molar-refractivity contribution in [2.75, 3.05) is 0 Å². The average molecular weight is 322 g/mol. The van der Waals surface area contributed by atoms with Crippen LogP contribution in [0.15, 0.2) is 34.3 Å². The highest BCUT2D eigenvalue weighted by atomic mass is 32.2.